The van der Waals surface area contributed by atoms with E-state index in [1.807, 2.05) is 96.3 Å². The van der Waals surface area contributed by atoms with Gasteiger partial charge in [0.15, 0.2) is 13.0 Å². The highest BCUT2D eigenvalue weighted by atomic mass is 32.2. The van der Waals surface area contributed by atoms with Crippen molar-refractivity contribution in [2.24, 2.45) is 0 Å². The summed E-state index contributed by atoms with van der Waals surface area (Å²) in [5.41, 5.74) is 30.4. The number of aromatic nitrogens is 4. The van der Waals surface area contributed by atoms with Gasteiger partial charge in [-0.2, -0.15) is 0 Å². The summed E-state index contributed by atoms with van der Waals surface area (Å²) in [5, 5.41) is 10.3. The minimum absolute atomic E-state index is 0.485. The maximum Gasteiger partial charge on any atom is 0.171 e. The van der Waals surface area contributed by atoms with Gasteiger partial charge in [0.05, 0.1) is 44.5 Å². The van der Waals surface area contributed by atoms with Gasteiger partial charge in [0.2, 0.25) is 0 Å². The molecule has 4 aliphatic rings. The van der Waals surface area contributed by atoms with Crippen LogP contribution >= 0.6 is 30.7 Å². The number of rotatable bonds is 10. The number of hydrogen-bond acceptors (Lipinski definition) is 7. The summed E-state index contributed by atoms with van der Waals surface area (Å²) in [6, 6.07) is 151. The fourth-order valence-electron chi connectivity index (χ4n) is 20.7. The molecule has 25 rings (SSSR count). The van der Waals surface area contributed by atoms with Crippen molar-refractivity contribution in [3.8, 4) is 101 Å². The van der Waals surface area contributed by atoms with Crippen LogP contribution in [0.15, 0.2) is 438 Å². The summed E-state index contributed by atoms with van der Waals surface area (Å²) >= 11 is 3.73. The predicted octanol–water partition coefficient (Wildman–Crippen LogP) is 28.0. The summed E-state index contributed by atoms with van der Waals surface area (Å²) in [6.07, 6.45) is 0. The van der Waals surface area contributed by atoms with E-state index in [0.29, 0.717) is 5.82 Å². The van der Waals surface area contributed by atoms with Crippen LogP contribution in [-0.2, 0) is 15.4 Å². The molecule has 1 unspecified atom stereocenters. The lowest BCUT2D eigenvalue weighted by Gasteiger charge is -2.40. The second kappa shape index (κ2) is 27.6. The van der Waals surface area contributed by atoms with Gasteiger partial charge in [-0.25, -0.2) is 19.9 Å². The summed E-state index contributed by atoms with van der Waals surface area (Å²) < 4.78 is 15.3. The molecule has 568 valence electrons. The van der Waals surface area contributed by atoms with Crippen LogP contribution in [0.4, 0.5) is 0 Å². The first-order valence-corrected chi connectivity index (χ1v) is 44.9. The van der Waals surface area contributed by atoms with Crippen molar-refractivity contribution in [3.63, 3.8) is 0 Å². The molecule has 2 aliphatic heterocycles. The van der Waals surface area contributed by atoms with Crippen LogP contribution in [0.2, 0.25) is 0 Å². The fourth-order valence-corrected chi connectivity index (χ4v) is 25.7. The summed E-state index contributed by atoms with van der Waals surface area (Å²) in [5.74, 6) is 0.662. The summed E-state index contributed by atoms with van der Waals surface area (Å²) in [4.78, 5) is 26.9. The van der Waals surface area contributed by atoms with Gasteiger partial charge in [-0.3, -0.25) is 0 Å². The highest BCUT2D eigenvalue weighted by Gasteiger charge is 2.53. The Morgan fingerprint density at radius 3 is 1.07 bits per heavy atom. The van der Waals surface area contributed by atoms with E-state index < -0.39 is 18.0 Å². The Morgan fingerprint density at radius 1 is 0.205 bits per heavy atom. The molecule has 0 N–H and O–H groups in total. The standard InChI is InChI=1S/C114H69N4OPS2/c119-120(79-27-3-1-4-28-79,80-29-5-2-6-30-80)81-63-61-73(62-64-81)72-53-59-76(60-54-72)111-92-69-107-100(67-90(92)86-34-11-19-45-102(86)116-111)114(97-42-17-22-48-105(97)122-107)95-40-15-9-35-87(95)108-82(37-24-43-98(108)114)77-25-23-26-78(65-77)112-117-103-46-20-12-36-88(103)109(118-112)74-55-49-70(50-56-74)71-51-57-75(58-52-71)110-91-68-106-99(66-89(91)85-33-10-18-44-101(85)115-110)113(96-41-16-21-47-104(96)121-106)93-38-13-7-31-83(93)84-32-8-14-39-94(84)113/h1-69H. The van der Waals surface area contributed by atoms with E-state index in [9.17, 15) is 0 Å². The Kier molecular flexibility index (Phi) is 15.9. The molecule has 8 heteroatoms. The first kappa shape index (κ1) is 70.6. The minimum Gasteiger partial charge on any atom is -0.309 e. The highest BCUT2D eigenvalue weighted by molar-refractivity contribution is 7.99. The average Bonchev–Trinajstić information content (AvgIpc) is 1.48. The molecule has 2 spiro atoms. The SMILES string of the molecule is O=P(c1ccccc1)(c1ccccc1)c1ccc(-c2ccc(-c3nc4ccccc4c4cc5c(cc34)Sc3ccccc3C53c4ccccc4-c4c(-c5cccc(-c6nc(-c7ccc(-c8ccc(-c9nc%10ccccc%10c%10cc%11c(cc9%10)Sc9ccccc9C%119c%10ccccc%10-c%10ccccc%109)cc8)cc7)c7ccccc7n6)c5)cccc43)cc2)cc1. The maximum absolute atomic E-state index is 15.3. The Labute approximate surface area is 714 Å². The number of hydrogen-bond donors (Lipinski definition) is 0. The van der Waals surface area contributed by atoms with Crippen molar-refractivity contribution >= 4 is 101 Å². The highest BCUT2D eigenvalue weighted by Crippen LogP contribution is 2.66. The third-order valence-corrected chi connectivity index (χ3v) is 31.4. The topological polar surface area (TPSA) is 68.6 Å². The van der Waals surface area contributed by atoms with Crippen LogP contribution in [0, 0.1) is 0 Å². The summed E-state index contributed by atoms with van der Waals surface area (Å²) in [6.45, 7) is 0. The number of pyridine rings is 2. The quantitative estimate of drug-likeness (QED) is 0.0998. The molecule has 0 bridgehead atoms. The molecule has 5 nitrogen and oxygen atoms in total. The second-order valence-electron chi connectivity index (χ2n) is 32.4. The van der Waals surface area contributed by atoms with Crippen LogP contribution in [-0.4, -0.2) is 19.9 Å². The largest absolute Gasteiger partial charge is 0.309 e. The molecule has 0 saturated carbocycles. The van der Waals surface area contributed by atoms with E-state index in [1.54, 1.807) is 0 Å². The Bertz CT molecular complexity index is 7940. The smallest absolute Gasteiger partial charge is 0.171 e. The van der Waals surface area contributed by atoms with Gasteiger partial charge >= 0.3 is 0 Å². The van der Waals surface area contributed by atoms with E-state index in [0.717, 1.165) is 137 Å². The van der Waals surface area contributed by atoms with Crippen LogP contribution in [0.25, 0.3) is 155 Å². The lowest BCUT2D eigenvalue weighted by molar-refractivity contribution is 0.592. The van der Waals surface area contributed by atoms with Crippen LogP contribution < -0.4 is 15.9 Å². The molecule has 1 atom stereocenters. The van der Waals surface area contributed by atoms with Gasteiger partial charge in [0.25, 0.3) is 0 Å². The van der Waals surface area contributed by atoms with E-state index in [-0.39, 0.29) is 0 Å². The zero-order valence-corrected chi connectivity index (χ0v) is 68.3. The van der Waals surface area contributed by atoms with Crippen LogP contribution in [0.1, 0.15) is 44.5 Å². The van der Waals surface area contributed by atoms with E-state index in [2.05, 4.69) is 346 Å². The lowest BCUT2D eigenvalue weighted by Crippen LogP contribution is -2.32. The van der Waals surface area contributed by atoms with E-state index in [1.165, 1.54) is 91.7 Å². The molecule has 2 aliphatic carbocycles. The molecule has 0 amide bonds. The molecule has 122 heavy (non-hydrogen) atoms. The van der Waals surface area contributed by atoms with E-state index in [4.69, 9.17) is 19.9 Å². The van der Waals surface area contributed by atoms with Crippen molar-refractivity contribution in [3.05, 3.63) is 463 Å². The third-order valence-electron chi connectivity index (χ3n) is 26.1. The van der Waals surface area contributed by atoms with Crippen molar-refractivity contribution in [1.29, 1.82) is 0 Å². The Balaban J connectivity index is 0.552. The molecular weight excluding hydrogens is 1540 g/mol. The minimum atomic E-state index is -3.13. The van der Waals surface area contributed by atoms with Crippen molar-refractivity contribution in [2.75, 3.05) is 0 Å². The number of fused-ring (bicyclic) bond motifs is 25. The number of para-hydroxylation sites is 3. The van der Waals surface area contributed by atoms with Crippen LogP contribution in [0.3, 0.4) is 0 Å². The fraction of sp³-hybridized carbons (Fsp3) is 0.0175. The van der Waals surface area contributed by atoms with Gasteiger partial charge in [0.1, 0.15) is 0 Å². The molecule has 3 aromatic heterocycles. The molecule has 5 heterocycles. The molecule has 18 aromatic carbocycles. The average molecular weight is 1610 g/mol. The molecule has 0 saturated heterocycles. The normalized spacial score (nSPS) is 14.3. The monoisotopic (exact) mass is 1600 g/mol. The zero-order chi connectivity index (χ0) is 80.4. The van der Waals surface area contributed by atoms with Crippen molar-refractivity contribution < 1.29 is 4.57 Å². The molecule has 0 radical (unpaired) electrons. The first-order valence-electron chi connectivity index (χ1n) is 41.6. The van der Waals surface area contributed by atoms with Gasteiger partial charge < -0.3 is 4.57 Å². The molecular formula is C114H69N4OPS2. The van der Waals surface area contributed by atoms with E-state index >= 15 is 4.57 Å². The Hall–Kier alpha value is -14.4. The van der Waals surface area contributed by atoms with Gasteiger partial charge in [-0.15, -0.1) is 0 Å². The van der Waals surface area contributed by atoms with Gasteiger partial charge in [-0.05, 0) is 172 Å². The number of nitrogens with zero attached hydrogens (tertiary/aromatic N) is 4. The van der Waals surface area contributed by atoms with Gasteiger partial charge in [0, 0.05) is 84.7 Å². The molecule has 0 fully saturated rings. The third kappa shape index (κ3) is 10.5. The maximum atomic E-state index is 15.3. The van der Waals surface area contributed by atoms with Crippen molar-refractivity contribution in [2.45, 2.75) is 30.4 Å². The lowest BCUT2D eigenvalue weighted by atomic mass is 9.67. The first-order chi connectivity index (χ1) is 60.3. The predicted molar refractivity (Wildman–Crippen MR) is 505 cm³/mol. The zero-order valence-electron chi connectivity index (χ0n) is 65.8. The summed E-state index contributed by atoms with van der Waals surface area (Å²) in [7, 11) is -3.13. The molecule has 21 aromatic rings. The Morgan fingerprint density at radius 2 is 0.557 bits per heavy atom. The van der Waals surface area contributed by atoms with Gasteiger partial charge in [-0.1, -0.05) is 381 Å². The van der Waals surface area contributed by atoms with Crippen LogP contribution in [0.5, 0.6) is 0 Å². The van der Waals surface area contributed by atoms with Crippen molar-refractivity contribution in [1.82, 2.24) is 19.9 Å². The number of benzene rings is 18. The second-order valence-corrected chi connectivity index (χ2v) is 37.3.